The molecule has 1 N–H and O–H groups in total. The quantitative estimate of drug-likeness (QED) is 0.211. The molecule has 3 aromatic heterocycles. The van der Waals surface area contributed by atoms with E-state index in [9.17, 15) is 0 Å². The molecule has 4 heteroatoms. The van der Waals surface area contributed by atoms with Crippen LogP contribution in [0.5, 0.6) is 0 Å². The van der Waals surface area contributed by atoms with Crippen molar-refractivity contribution in [1.29, 1.82) is 0 Å². The van der Waals surface area contributed by atoms with Crippen molar-refractivity contribution >= 4 is 62.1 Å². The van der Waals surface area contributed by atoms with Gasteiger partial charge in [0.15, 0.2) is 7.28 Å². The molecule has 0 radical (unpaired) electrons. The number of nitrogens with zero attached hydrogens (tertiary/aromatic N) is 1. The van der Waals surface area contributed by atoms with Crippen molar-refractivity contribution in [3.63, 3.8) is 0 Å². The lowest BCUT2D eigenvalue weighted by molar-refractivity contribution is 0.657. The van der Waals surface area contributed by atoms with Gasteiger partial charge in [0, 0.05) is 43.9 Å². The Labute approximate surface area is 243 Å². The van der Waals surface area contributed by atoms with Crippen molar-refractivity contribution in [1.82, 2.24) is 9.55 Å². The maximum atomic E-state index is 6.28. The van der Waals surface area contributed by atoms with E-state index in [1.54, 1.807) is 0 Å². The van der Waals surface area contributed by atoms with Crippen molar-refractivity contribution in [3.8, 4) is 28.1 Å². The highest BCUT2D eigenvalue weighted by Crippen LogP contribution is 2.53. The van der Waals surface area contributed by atoms with Crippen LogP contribution < -0.4 is 10.9 Å². The Bertz CT molecular complexity index is 2490. The van der Waals surface area contributed by atoms with Crippen LogP contribution in [0.2, 0.25) is 0 Å². The third kappa shape index (κ3) is 2.60. The molecule has 0 saturated carbocycles. The summed E-state index contributed by atoms with van der Waals surface area (Å²) in [4.78, 5) is 3.69. The SMILES string of the molecule is Cc1cc(-c2cccc3c2[nH]c2oc4ccccc4c23)c2c(c1)-n1c3c(c4cccc(c41)B2)C(C)(C)c1ccccc1-3. The Morgan fingerprint density at radius 1 is 0.762 bits per heavy atom. The first kappa shape index (κ1) is 22.7. The van der Waals surface area contributed by atoms with Crippen molar-refractivity contribution < 1.29 is 4.42 Å². The van der Waals surface area contributed by atoms with Gasteiger partial charge in [-0.15, -0.1) is 0 Å². The summed E-state index contributed by atoms with van der Waals surface area (Å²) in [6, 6.07) is 35.7. The summed E-state index contributed by atoms with van der Waals surface area (Å²) in [5, 5.41) is 4.91. The Morgan fingerprint density at radius 2 is 1.52 bits per heavy atom. The van der Waals surface area contributed by atoms with E-state index in [0.717, 1.165) is 34.9 Å². The molecule has 42 heavy (non-hydrogen) atoms. The topological polar surface area (TPSA) is 33.9 Å². The van der Waals surface area contributed by atoms with Crippen LogP contribution in [-0.4, -0.2) is 16.8 Å². The highest BCUT2D eigenvalue weighted by Gasteiger charge is 2.42. The summed E-state index contributed by atoms with van der Waals surface area (Å²) in [7, 11) is 0.906. The number of rotatable bonds is 1. The molecular formula is C38H27BN2O. The largest absolute Gasteiger partial charge is 0.440 e. The van der Waals surface area contributed by atoms with Gasteiger partial charge in [-0.1, -0.05) is 104 Å². The third-order valence-electron chi connectivity index (χ3n) is 9.99. The fourth-order valence-electron chi connectivity index (χ4n) is 8.30. The Hall–Kier alpha value is -4.96. The van der Waals surface area contributed by atoms with Crippen molar-refractivity contribution in [3.05, 3.63) is 114 Å². The second-order valence-electron chi connectivity index (χ2n) is 12.7. The first-order valence-corrected chi connectivity index (χ1v) is 14.8. The highest BCUT2D eigenvalue weighted by molar-refractivity contribution is 6.73. The van der Waals surface area contributed by atoms with E-state index < -0.39 is 0 Å². The summed E-state index contributed by atoms with van der Waals surface area (Å²) in [5.41, 5.74) is 17.7. The molecule has 1 aliphatic heterocycles. The van der Waals surface area contributed by atoms with E-state index in [1.807, 2.05) is 12.1 Å². The molecule has 5 aromatic carbocycles. The Kier molecular flexibility index (Phi) is 4.03. The van der Waals surface area contributed by atoms with Crippen LogP contribution in [0.4, 0.5) is 0 Å². The number of aromatic amines is 1. The zero-order chi connectivity index (χ0) is 27.9. The molecule has 0 fully saturated rings. The summed E-state index contributed by atoms with van der Waals surface area (Å²) < 4.78 is 8.88. The number of nitrogens with one attached hydrogen (secondary N) is 1. The zero-order valence-corrected chi connectivity index (χ0v) is 23.8. The molecule has 0 saturated heterocycles. The number of hydrogen-bond donors (Lipinski definition) is 1. The minimum absolute atomic E-state index is 0.0576. The number of H-pyrrole nitrogens is 1. The number of furan rings is 1. The molecule has 4 heterocycles. The molecule has 0 spiro atoms. The van der Waals surface area contributed by atoms with E-state index in [-0.39, 0.29) is 5.41 Å². The number of hydrogen-bond acceptors (Lipinski definition) is 1. The minimum atomic E-state index is -0.0576. The van der Waals surface area contributed by atoms with Gasteiger partial charge >= 0.3 is 0 Å². The summed E-state index contributed by atoms with van der Waals surface area (Å²) in [5.74, 6) is 0. The molecule has 2 aliphatic rings. The van der Waals surface area contributed by atoms with Crippen molar-refractivity contribution in [2.75, 3.05) is 0 Å². The molecule has 1 aliphatic carbocycles. The first-order valence-electron chi connectivity index (χ1n) is 14.8. The Balaban J connectivity index is 1.31. The van der Waals surface area contributed by atoms with E-state index in [2.05, 4.69) is 115 Å². The van der Waals surface area contributed by atoms with Gasteiger partial charge in [0.05, 0.1) is 16.6 Å². The van der Waals surface area contributed by atoms with Crippen LogP contribution in [-0.2, 0) is 5.41 Å². The molecule has 198 valence electrons. The van der Waals surface area contributed by atoms with Gasteiger partial charge in [0.1, 0.15) is 5.58 Å². The number of aryl methyl sites for hydroxylation is 1. The molecule has 8 aromatic rings. The summed E-state index contributed by atoms with van der Waals surface area (Å²) >= 11 is 0. The van der Waals surface area contributed by atoms with E-state index >= 15 is 0 Å². The zero-order valence-electron chi connectivity index (χ0n) is 23.8. The minimum Gasteiger partial charge on any atom is -0.440 e. The fourth-order valence-corrected chi connectivity index (χ4v) is 8.30. The lowest BCUT2D eigenvalue weighted by atomic mass is 9.59. The second kappa shape index (κ2) is 7.46. The van der Waals surface area contributed by atoms with Crippen LogP contribution in [0.15, 0.2) is 101 Å². The molecular weight excluding hydrogens is 511 g/mol. The first-order chi connectivity index (χ1) is 20.5. The van der Waals surface area contributed by atoms with Gasteiger partial charge in [-0.05, 0) is 46.8 Å². The number of para-hydroxylation sites is 3. The van der Waals surface area contributed by atoms with E-state index in [4.69, 9.17) is 4.42 Å². The predicted molar refractivity (Wildman–Crippen MR) is 177 cm³/mol. The molecule has 3 nitrogen and oxygen atoms in total. The average Bonchev–Trinajstić information content (AvgIpc) is 3.71. The molecule has 10 rings (SSSR count). The summed E-state index contributed by atoms with van der Waals surface area (Å²) in [6.07, 6.45) is 0. The third-order valence-corrected chi connectivity index (χ3v) is 9.99. The maximum absolute atomic E-state index is 6.28. The van der Waals surface area contributed by atoms with Crippen LogP contribution in [0.3, 0.4) is 0 Å². The Morgan fingerprint density at radius 3 is 2.45 bits per heavy atom. The maximum Gasteiger partial charge on any atom is 0.206 e. The van der Waals surface area contributed by atoms with Crippen molar-refractivity contribution in [2.45, 2.75) is 26.2 Å². The monoisotopic (exact) mass is 538 g/mol. The van der Waals surface area contributed by atoms with Crippen LogP contribution in [0.1, 0.15) is 30.5 Å². The van der Waals surface area contributed by atoms with Gasteiger partial charge in [-0.25, -0.2) is 0 Å². The average molecular weight is 538 g/mol. The number of aromatic nitrogens is 2. The van der Waals surface area contributed by atoms with Gasteiger partial charge in [-0.2, -0.15) is 0 Å². The van der Waals surface area contributed by atoms with Crippen LogP contribution >= 0.6 is 0 Å². The normalized spacial score (nSPS) is 14.5. The highest BCUT2D eigenvalue weighted by atomic mass is 16.3. The molecule has 0 atom stereocenters. The molecule has 0 amide bonds. The lowest BCUT2D eigenvalue weighted by Crippen LogP contribution is -2.37. The predicted octanol–water partition coefficient (Wildman–Crippen LogP) is 7.99. The second-order valence-corrected chi connectivity index (χ2v) is 12.7. The van der Waals surface area contributed by atoms with E-state index in [0.29, 0.717) is 0 Å². The van der Waals surface area contributed by atoms with Crippen molar-refractivity contribution in [2.24, 2.45) is 0 Å². The number of benzene rings is 5. The fraction of sp³-hybridized carbons (Fsp3) is 0.105. The smallest absolute Gasteiger partial charge is 0.206 e. The molecule has 0 bridgehead atoms. The van der Waals surface area contributed by atoms with Crippen LogP contribution in [0, 0.1) is 6.92 Å². The van der Waals surface area contributed by atoms with Gasteiger partial charge in [0.25, 0.3) is 0 Å². The van der Waals surface area contributed by atoms with Gasteiger partial charge in [-0.3, -0.25) is 0 Å². The number of fused-ring (bicyclic) bond motifs is 12. The standard InChI is InChI=1S/C38H27BN2O/c1-20-18-26(21-12-8-13-24-31-23-11-5-7-17-30(23)42-37(31)40-34(21)24)33-29(19-20)41-35-25(14-9-16-28(35)39-33)32-36(41)22-10-4-6-15-27(22)38(32,2)3/h4-19,39-40H,1-3H3. The molecule has 0 unspecified atom stereocenters. The van der Waals surface area contributed by atoms with Gasteiger partial charge in [0.2, 0.25) is 5.71 Å². The summed E-state index contributed by atoms with van der Waals surface area (Å²) in [6.45, 7) is 7.01. The lowest BCUT2D eigenvalue weighted by Gasteiger charge is -2.25. The van der Waals surface area contributed by atoms with E-state index in [1.165, 1.54) is 72.0 Å². The van der Waals surface area contributed by atoms with Gasteiger partial charge < -0.3 is 14.0 Å². The van der Waals surface area contributed by atoms with Crippen LogP contribution in [0.25, 0.3) is 71.9 Å².